The smallest absolute Gasteiger partial charge is 0.249 e. The first kappa shape index (κ1) is 13.6. The molecule has 0 atom stereocenters. The summed E-state index contributed by atoms with van der Waals surface area (Å²) in [5.41, 5.74) is -0.174. The molecule has 2 aliphatic rings. The Bertz CT molecular complexity index is 489. The summed E-state index contributed by atoms with van der Waals surface area (Å²) in [5.74, 6) is 1.79. The third-order valence-corrected chi connectivity index (χ3v) is 3.97. The number of furan rings is 1. The van der Waals surface area contributed by atoms with Gasteiger partial charge in [0.15, 0.2) is 0 Å². The minimum absolute atomic E-state index is 0.0645. The number of hydrogen-bond donors (Lipinski definition) is 1. The monoisotopic (exact) mass is 278 g/mol. The first-order valence-corrected chi connectivity index (χ1v) is 7.25. The van der Waals surface area contributed by atoms with Crippen LogP contribution in [0, 0.1) is 6.92 Å². The van der Waals surface area contributed by atoms with E-state index in [0.717, 1.165) is 37.5 Å². The van der Waals surface area contributed by atoms with Gasteiger partial charge in [-0.05, 0) is 38.8 Å². The quantitative estimate of drug-likeness (QED) is 0.856. The third kappa shape index (κ3) is 3.04. The Labute approximate surface area is 119 Å². The first-order valence-electron chi connectivity index (χ1n) is 7.25. The van der Waals surface area contributed by atoms with Crippen molar-refractivity contribution in [2.75, 3.05) is 19.7 Å². The van der Waals surface area contributed by atoms with E-state index in [-0.39, 0.29) is 18.1 Å². The lowest BCUT2D eigenvalue weighted by Crippen LogP contribution is -2.59. The molecule has 2 fully saturated rings. The summed E-state index contributed by atoms with van der Waals surface area (Å²) in [6, 6.07) is 4.24. The van der Waals surface area contributed by atoms with Gasteiger partial charge >= 0.3 is 0 Å². The van der Waals surface area contributed by atoms with Crippen molar-refractivity contribution in [2.45, 2.75) is 44.9 Å². The Hall–Kier alpha value is -1.33. The fourth-order valence-corrected chi connectivity index (χ4v) is 2.44. The van der Waals surface area contributed by atoms with E-state index < -0.39 is 0 Å². The average molecular weight is 278 g/mol. The van der Waals surface area contributed by atoms with Crippen LogP contribution in [0.4, 0.5) is 0 Å². The number of hydrogen-bond acceptors (Lipinski definition) is 4. The van der Waals surface area contributed by atoms with Gasteiger partial charge in [-0.15, -0.1) is 0 Å². The standard InChI is InChI=1S/C15H22N2O3/c1-11-3-6-13(20-11)7-17(12-4-5-12)14(18)8-19-15(2)9-16-10-15/h3,6,12,16H,4-5,7-10H2,1-2H3. The van der Waals surface area contributed by atoms with Gasteiger partial charge in [0.05, 0.1) is 12.1 Å². The van der Waals surface area contributed by atoms with Crippen molar-refractivity contribution in [3.05, 3.63) is 23.7 Å². The van der Waals surface area contributed by atoms with Crippen LogP contribution in [0.5, 0.6) is 0 Å². The molecule has 5 heteroatoms. The summed E-state index contributed by atoms with van der Waals surface area (Å²) in [5, 5.41) is 3.17. The maximum atomic E-state index is 12.4. The van der Waals surface area contributed by atoms with Crippen LogP contribution in [-0.4, -0.2) is 42.1 Å². The molecule has 3 rings (SSSR count). The minimum atomic E-state index is -0.174. The molecule has 1 amide bonds. The van der Waals surface area contributed by atoms with Crippen LogP contribution < -0.4 is 5.32 Å². The number of rotatable bonds is 6. The highest BCUT2D eigenvalue weighted by atomic mass is 16.5. The van der Waals surface area contributed by atoms with Gasteiger partial charge in [0.1, 0.15) is 18.1 Å². The summed E-state index contributed by atoms with van der Waals surface area (Å²) >= 11 is 0. The second-order valence-electron chi connectivity index (χ2n) is 6.11. The molecule has 1 saturated carbocycles. The molecule has 1 saturated heterocycles. The molecule has 5 nitrogen and oxygen atoms in total. The molecule has 1 aromatic rings. The van der Waals surface area contributed by atoms with Crippen molar-refractivity contribution in [3.8, 4) is 0 Å². The molecule has 0 radical (unpaired) electrons. The largest absolute Gasteiger partial charge is 0.464 e. The van der Waals surface area contributed by atoms with Gasteiger partial charge in [-0.3, -0.25) is 4.79 Å². The average Bonchev–Trinajstić information content (AvgIpc) is 3.14. The predicted octanol–water partition coefficient (Wildman–Crippen LogP) is 1.46. The lowest BCUT2D eigenvalue weighted by molar-refractivity contribution is -0.147. The Morgan fingerprint density at radius 2 is 2.25 bits per heavy atom. The number of aryl methyl sites for hydroxylation is 1. The number of carbonyl (C=O) groups is 1. The van der Waals surface area contributed by atoms with Crippen molar-refractivity contribution in [1.29, 1.82) is 0 Å². The Kier molecular flexibility index (Phi) is 3.56. The molecule has 0 unspecified atom stereocenters. The van der Waals surface area contributed by atoms with Crippen LogP contribution in [0.1, 0.15) is 31.3 Å². The van der Waals surface area contributed by atoms with Gasteiger partial charge in [0, 0.05) is 19.1 Å². The van der Waals surface area contributed by atoms with Crippen molar-refractivity contribution in [2.24, 2.45) is 0 Å². The lowest BCUT2D eigenvalue weighted by Gasteiger charge is -2.39. The highest BCUT2D eigenvalue weighted by Gasteiger charge is 2.36. The number of amides is 1. The summed E-state index contributed by atoms with van der Waals surface area (Å²) in [6.45, 7) is 6.31. The molecular formula is C15H22N2O3. The van der Waals surface area contributed by atoms with E-state index in [4.69, 9.17) is 9.15 Å². The van der Waals surface area contributed by atoms with Crippen LogP contribution >= 0.6 is 0 Å². The number of carbonyl (C=O) groups excluding carboxylic acids is 1. The molecule has 0 bridgehead atoms. The van der Waals surface area contributed by atoms with Gasteiger partial charge in [-0.25, -0.2) is 0 Å². The predicted molar refractivity (Wildman–Crippen MR) is 74.2 cm³/mol. The van der Waals surface area contributed by atoms with Crippen LogP contribution in [0.2, 0.25) is 0 Å². The molecule has 20 heavy (non-hydrogen) atoms. The topological polar surface area (TPSA) is 54.7 Å². The fraction of sp³-hybridized carbons (Fsp3) is 0.667. The van der Waals surface area contributed by atoms with E-state index >= 15 is 0 Å². The zero-order valence-corrected chi connectivity index (χ0v) is 12.1. The van der Waals surface area contributed by atoms with E-state index in [1.54, 1.807) is 0 Å². The summed E-state index contributed by atoms with van der Waals surface area (Å²) in [6.07, 6.45) is 2.18. The Morgan fingerprint density at radius 1 is 1.50 bits per heavy atom. The highest BCUT2D eigenvalue weighted by molar-refractivity contribution is 5.78. The van der Waals surface area contributed by atoms with Gasteiger partial charge < -0.3 is 19.4 Å². The van der Waals surface area contributed by atoms with E-state index in [2.05, 4.69) is 5.32 Å². The Morgan fingerprint density at radius 3 is 2.75 bits per heavy atom. The molecular weight excluding hydrogens is 256 g/mol. The van der Waals surface area contributed by atoms with Gasteiger partial charge in [0.2, 0.25) is 5.91 Å². The normalized spacial score (nSPS) is 20.5. The molecule has 1 N–H and O–H groups in total. The molecule has 1 aliphatic heterocycles. The molecule has 0 spiro atoms. The number of ether oxygens (including phenoxy) is 1. The van der Waals surface area contributed by atoms with Gasteiger partial charge in [0.25, 0.3) is 0 Å². The summed E-state index contributed by atoms with van der Waals surface area (Å²) < 4.78 is 11.3. The second kappa shape index (κ2) is 5.22. The van der Waals surface area contributed by atoms with Crippen molar-refractivity contribution in [3.63, 3.8) is 0 Å². The number of nitrogens with one attached hydrogen (secondary N) is 1. The zero-order valence-electron chi connectivity index (χ0n) is 12.1. The van der Waals surface area contributed by atoms with E-state index in [0.29, 0.717) is 12.6 Å². The van der Waals surface area contributed by atoms with Gasteiger partial charge in [-0.1, -0.05) is 0 Å². The van der Waals surface area contributed by atoms with Crippen LogP contribution in [0.15, 0.2) is 16.5 Å². The molecule has 1 aromatic heterocycles. The molecule has 0 aromatic carbocycles. The highest BCUT2D eigenvalue weighted by Crippen LogP contribution is 2.29. The second-order valence-corrected chi connectivity index (χ2v) is 6.11. The van der Waals surface area contributed by atoms with Crippen molar-refractivity contribution >= 4 is 5.91 Å². The summed E-state index contributed by atoms with van der Waals surface area (Å²) in [4.78, 5) is 14.3. The van der Waals surface area contributed by atoms with Crippen LogP contribution in [-0.2, 0) is 16.1 Å². The summed E-state index contributed by atoms with van der Waals surface area (Å²) in [7, 11) is 0. The minimum Gasteiger partial charge on any atom is -0.464 e. The number of nitrogens with zero attached hydrogens (tertiary/aromatic N) is 1. The molecule has 110 valence electrons. The fourth-order valence-electron chi connectivity index (χ4n) is 2.44. The lowest BCUT2D eigenvalue weighted by atomic mass is 10.0. The Balaban J connectivity index is 1.57. The van der Waals surface area contributed by atoms with E-state index in [1.807, 2.05) is 30.9 Å². The van der Waals surface area contributed by atoms with Gasteiger partial charge in [-0.2, -0.15) is 0 Å². The molecule has 2 heterocycles. The maximum absolute atomic E-state index is 12.4. The maximum Gasteiger partial charge on any atom is 0.249 e. The SMILES string of the molecule is Cc1ccc(CN(C(=O)COC2(C)CNC2)C2CC2)o1. The molecule has 1 aliphatic carbocycles. The first-order chi connectivity index (χ1) is 9.56. The third-order valence-electron chi connectivity index (χ3n) is 3.97. The van der Waals surface area contributed by atoms with Crippen LogP contribution in [0.25, 0.3) is 0 Å². The zero-order chi connectivity index (χ0) is 14.2. The van der Waals surface area contributed by atoms with Crippen molar-refractivity contribution in [1.82, 2.24) is 10.2 Å². The van der Waals surface area contributed by atoms with Crippen LogP contribution in [0.3, 0.4) is 0 Å². The van der Waals surface area contributed by atoms with Crippen molar-refractivity contribution < 1.29 is 13.9 Å². The van der Waals surface area contributed by atoms with E-state index in [9.17, 15) is 4.79 Å². The van der Waals surface area contributed by atoms with E-state index in [1.165, 1.54) is 0 Å².